The number of aromatic nitrogens is 1. The van der Waals surface area contributed by atoms with Crippen molar-refractivity contribution in [3.63, 3.8) is 0 Å². The molecule has 1 amide bonds. The minimum absolute atomic E-state index is 0. The molecule has 4 aromatic rings. The first-order valence-electron chi connectivity index (χ1n) is 8.26. The molecule has 1 heterocycles. The Hall–Kier alpha value is -3.37. The van der Waals surface area contributed by atoms with Crippen molar-refractivity contribution in [2.75, 3.05) is 5.32 Å². The average molecular weight is 377 g/mol. The minimum Gasteiger partial charge on any atom is -0.505 e. The van der Waals surface area contributed by atoms with Crippen LogP contribution in [0, 0.1) is 0 Å². The van der Waals surface area contributed by atoms with Gasteiger partial charge >= 0.3 is 0 Å². The van der Waals surface area contributed by atoms with Crippen LogP contribution >= 0.6 is 12.4 Å². The Bertz CT molecular complexity index is 1080. The third-order valence-corrected chi connectivity index (χ3v) is 4.24. The number of phenolic OH excluding ortho intramolecular Hbond substituents is 1. The molecule has 1 aromatic heterocycles. The average Bonchev–Trinajstić information content (AvgIpc) is 2.69. The van der Waals surface area contributed by atoms with Gasteiger partial charge in [-0.15, -0.1) is 12.4 Å². The van der Waals surface area contributed by atoms with Gasteiger partial charge in [-0.05, 0) is 35.4 Å². The fourth-order valence-corrected chi connectivity index (χ4v) is 2.89. The van der Waals surface area contributed by atoms with Crippen LogP contribution in [0.4, 0.5) is 5.69 Å². The number of amides is 1. The van der Waals surface area contributed by atoms with Crippen LogP contribution in [-0.4, -0.2) is 16.0 Å². The molecule has 134 valence electrons. The third-order valence-electron chi connectivity index (χ3n) is 4.24. The summed E-state index contributed by atoms with van der Waals surface area (Å²) in [6.45, 7) is 0. The molecule has 0 atom stereocenters. The quantitative estimate of drug-likeness (QED) is 0.511. The van der Waals surface area contributed by atoms with Crippen molar-refractivity contribution in [2.24, 2.45) is 0 Å². The summed E-state index contributed by atoms with van der Waals surface area (Å²) in [5, 5.41) is 14.0. The third kappa shape index (κ3) is 3.76. The molecular formula is C22H17ClN2O2. The van der Waals surface area contributed by atoms with Gasteiger partial charge in [0.25, 0.3) is 5.91 Å². The number of nitrogens with one attached hydrogen (secondary N) is 1. The van der Waals surface area contributed by atoms with Crippen LogP contribution in [0.15, 0.2) is 85.1 Å². The number of hydrogen-bond acceptors (Lipinski definition) is 3. The van der Waals surface area contributed by atoms with Crippen molar-refractivity contribution in [1.82, 2.24) is 4.98 Å². The molecule has 0 fully saturated rings. The van der Waals surface area contributed by atoms with E-state index < -0.39 is 0 Å². The predicted octanol–water partition coefficient (Wildman–Crippen LogP) is 5.28. The maximum Gasteiger partial charge on any atom is 0.259 e. The molecule has 0 bridgehead atoms. The Kier molecular flexibility index (Phi) is 5.38. The maximum atomic E-state index is 12.5. The Morgan fingerprint density at radius 2 is 1.52 bits per heavy atom. The Morgan fingerprint density at radius 1 is 0.815 bits per heavy atom. The van der Waals surface area contributed by atoms with Crippen LogP contribution in [0.25, 0.3) is 22.0 Å². The standard InChI is InChI=1S/C22H16N2O2.ClH/c25-21-19(13-10-17-7-4-14-23-20(17)21)22(26)24-18-11-8-16(9-12-18)15-5-2-1-3-6-15;/h1-14,25H,(H,24,26);1H. The largest absolute Gasteiger partial charge is 0.505 e. The van der Waals surface area contributed by atoms with Crippen LogP contribution in [0.2, 0.25) is 0 Å². The number of halogens is 1. The molecule has 0 spiro atoms. The highest BCUT2D eigenvalue weighted by Gasteiger charge is 2.14. The van der Waals surface area contributed by atoms with Gasteiger partial charge in [-0.2, -0.15) is 0 Å². The molecule has 0 saturated heterocycles. The van der Waals surface area contributed by atoms with E-state index in [4.69, 9.17) is 0 Å². The van der Waals surface area contributed by atoms with Gasteiger partial charge in [0.1, 0.15) is 5.52 Å². The summed E-state index contributed by atoms with van der Waals surface area (Å²) < 4.78 is 0. The number of phenols is 1. The van der Waals surface area contributed by atoms with Crippen LogP contribution in [0.3, 0.4) is 0 Å². The lowest BCUT2D eigenvalue weighted by molar-refractivity contribution is 0.102. The van der Waals surface area contributed by atoms with Crippen molar-refractivity contribution < 1.29 is 9.90 Å². The van der Waals surface area contributed by atoms with E-state index in [0.29, 0.717) is 11.2 Å². The summed E-state index contributed by atoms with van der Waals surface area (Å²) in [6.07, 6.45) is 1.59. The van der Waals surface area contributed by atoms with E-state index in [-0.39, 0.29) is 29.6 Å². The number of pyridine rings is 1. The highest BCUT2D eigenvalue weighted by atomic mass is 35.5. The smallest absolute Gasteiger partial charge is 0.259 e. The van der Waals surface area contributed by atoms with Gasteiger partial charge in [0, 0.05) is 17.3 Å². The zero-order valence-corrected chi connectivity index (χ0v) is 15.1. The molecule has 0 aliphatic rings. The van der Waals surface area contributed by atoms with E-state index in [1.165, 1.54) is 0 Å². The summed E-state index contributed by atoms with van der Waals surface area (Å²) in [5.74, 6) is -0.482. The molecule has 5 heteroatoms. The van der Waals surface area contributed by atoms with Crippen molar-refractivity contribution in [3.8, 4) is 16.9 Å². The number of aromatic hydroxyl groups is 1. The Labute approximate surface area is 162 Å². The van der Waals surface area contributed by atoms with E-state index in [9.17, 15) is 9.90 Å². The number of rotatable bonds is 3. The van der Waals surface area contributed by atoms with Gasteiger partial charge in [-0.1, -0.05) is 54.6 Å². The summed E-state index contributed by atoms with van der Waals surface area (Å²) in [4.78, 5) is 16.7. The van der Waals surface area contributed by atoms with Crippen LogP contribution in [0.1, 0.15) is 10.4 Å². The molecule has 2 N–H and O–H groups in total. The van der Waals surface area contributed by atoms with Crippen LogP contribution in [-0.2, 0) is 0 Å². The normalized spacial score (nSPS) is 10.2. The van der Waals surface area contributed by atoms with Crippen LogP contribution < -0.4 is 5.32 Å². The van der Waals surface area contributed by atoms with Crippen molar-refractivity contribution in [1.29, 1.82) is 0 Å². The fourth-order valence-electron chi connectivity index (χ4n) is 2.89. The lowest BCUT2D eigenvalue weighted by Crippen LogP contribution is -2.12. The summed E-state index contributed by atoms with van der Waals surface area (Å²) in [6, 6.07) is 24.6. The lowest BCUT2D eigenvalue weighted by atomic mass is 10.1. The highest BCUT2D eigenvalue weighted by molar-refractivity contribution is 6.09. The Balaban J connectivity index is 0.00000210. The SMILES string of the molecule is Cl.O=C(Nc1ccc(-c2ccccc2)cc1)c1ccc2cccnc2c1O. The molecule has 3 aromatic carbocycles. The van der Waals surface area contributed by atoms with Gasteiger partial charge in [-0.3, -0.25) is 9.78 Å². The Morgan fingerprint density at radius 3 is 2.26 bits per heavy atom. The van der Waals surface area contributed by atoms with Crippen molar-refractivity contribution >= 4 is 34.9 Å². The zero-order chi connectivity index (χ0) is 17.9. The fraction of sp³-hybridized carbons (Fsp3) is 0. The van der Waals surface area contributed by atoms with E-state index in [1.54, 1.807) is 24.4 Å². The summed E-state index contributed by atoms with van der Waals surface area (Å²) >= 11 is 0. The van der Waals surface area contributed by atoms with Crippen LogP contribution in [0.5, 0.6) is 5.75 Å². The zero-order valence-electron chi connectivity index (χ0n) is 14.3. The first-order valence-corrected chi connectivity index (χ1v) is 8.26. The summed E-state index contributed by atoms with van der Waals surface area (Å²) in [5.41, 5.74) is 3.46. The molecule has 27 heavy (non-hydrogen) atoms. The number of hydrogen-bond donors (Lipinski definition) is 2. The number of benzene rings is 3. The molecule has 0 radical (unpaired) electrons. The predicted molar refractivity (Wildman–Crippen MR) is 110 cm³/mol. The van der Waals surface area contributed by atoms with E-state index >= 15 is 0 Å². The summed E-state index contributed by atoms with van der Waals surface area (Å²) in [7, 11) is 0. The molecule has 0 aliphatic carbocycles. The molecule has 4 nitrogen and oxygen atoms in total. The van der Waals surface area contributed by atoms with Gasteiger partial charge in [0.15, 0.2) is 5.75 Å². The van der Waals surface area contributed by atoms with Crippen molar-refractivity contribution in [3.05, 3.63) is 90.6 Å². The van der Waals surface area contributed by atoms with Gasteiger partial charge in [0.2, 0.25) is 0 Å². The number of fused-ring (bicyclic) bond motifs is 1. The first-order chi connectivity index (χ1) is 12.7. The van der Waals surface area contributed by atoms with Gasteiger partial charge in [0.05, 0.1) is 5.56 Å². The first kappa shape index (κ1) is 18.4. The molecule has 4 rings (SSSR count). The van der Waals surface area contributed by atoms with Gasteiger partial charge in [-0.25, -0.2) is 0 Å². The van der Waals surface area contributed by atoms with E-state index in [1.807, 2.05) is 60.7 Å². The van der Waals surface area contributed by atoms with Gasteiger partial charge < -0.3 is 10.4 Å². The highest BCUT2D eigenvalue weighted by Crippen LogP contribution is 2.28. The van der Waals surface area contributed by atoms with E-state index in [0.717, 1.165) is 16.5 Å². The second kappa shape index (κ2) is 7.89. The number of carbonyl (C=O) groups excluding carboxylic acids is 1. The second-order valence-electron chi connectivity index (χ2n) is 5.93. The number of carbonyl (C=O) groups is 1. The van der Waals surface area contributed by atoms with Crippen molar-refractivity contribution in [2.45, 2.75) is 0 Å². The monoisotopic (exact) mass is 376 g/mol. The topological polar surface area (TPSA) is 62.2 Å². The number of nitrogens with zero attached hydrogens (tertiary/aromatic N) is 1. The number of anilines is 1. The molecule has 0 saturated carbocycles. The lowest BCUT2D eigenvalue weighted by Gasteiger charge is -2.09. The van der Waals surface area contributed by atoms with E-state index in [2.05, 4.69) is 10.3 Å². The molecular weight excluding hydrogens is 360 g/mol. The maximum absolute atomic E-state index is 12.5. The minimum atomic E-state index is -0.373. The molecule has 0 unspecified atom stereocenters. The second-order valence-corrected chi connectivity index (χ2v) is 5.93. The molecule has 0 aliphatic heterocycles.